The fourth-order valence-corrected chi connectivity index (χ4v) is 4.62. The fourth-order valence-electron chi connectivity index (χ4n) is 3.49. The molecule has 0 N–H and O–H groups in total. The van der Waals surface area contributed by atoms with Crippen LogP contribution in [0.15, 0.2) is 59.6 Å². The van der Waals surface area contributed by atoms with E-state index in [0.717, 1.165) is 26.6 Å². The van der Waals surface area contributed by atoms with Crippen molar-refractivity contribution >= 4 is 38.2 Å². The Labute approximate surface area is 172 Å². The lowest BCUT2D eigenvalue weighted by molar-refractivity contribution is 0.0994. The summed E-state index contributed by atoms with van der Waals surface area (Å²) in [5, 5.41) is 2.00. The Bertz CT molecular complexity index is 1270. The maximum atomic E-state index is 13.1. The van der Waals surface area contributed by atoms with Gasteiger partial charge in [-0.05, 0) is 41.5 Å². The topological polar surface area (TPSA) is 52.8 Å². The lowest BCUT2D eigenvalue weighted by Gasteiger charge is -2.08. The summed E-state index contributed by atoms with van der Waals surface area (Å²) < 4.78 is 13.9. The normalized spacial score (nSPS) is 12.0. The molecule has 4 rings (SSSR count). The zero-order valence-corrected chi connectivity index (χ0v) is 17.5. The molecule has 0 saturated carbocycles. The highest BCUT2D eigenvalue weighted by atomic mass is 32.1. The van der Waals surface area contributed by atoms with Crippen LogP contribution in [0.2, 0.25) is 0 Å². The molecule has 0 unspecified atom stereocenters. The third-order valence-electron chi connectivity index (χ3n) is 4.92. The lowest BCUT2D eigenvalue weighted by atomic mass is 10.1. The molecule has 0 fully saturated rings. The lowest BCUT2D eigenvalue weighted by Crippen LogP contribution is -2.20. The second-order valence-electron chi connectivity index (χ2n) is 6.77. The molecule has 0 bridgehead atoms. The highest BCUT2D eigenvalue weighted by molar-refractivity contribution is 7.16. The van der Waals surface area contributed by atoms with Crippen molar-refractivity contribution < 1.29 is 14.3 Å². The number of nitrogens with zero attached hydrogens (tertiary/aromatic N) is 2. The van der Waals surface area contributed by atoms with E-state index in [9.17, 15) is 4.79 Å². The van der Waals surface area contributed by atoms with Gasteiger partial charge in [-0.3, -0.25) is 4.79 Å². The molecule has 0 spiro atoms. The standard InChI is InChI=1S/C23H22N2O3S/c1-15-7-6-10-20-21(15)25(11-12-27-2)23(29-20)24-22(26)18-13-16-8-4-5-9-17(16)14-19(18)28-3/h4-10,13-14H,11-12H2,1-3H3. The smallest absolute Gasteiger partial charge is 0.283 e. The van der Waals surface area contributed by atoms with Crippen molar-refractivity contribution in [3.8, 4) is 5.75 Å². The molecule has 0 aliphatic heterocycles. The van der Waals surface area contributed by atoms with Crippen molar-refractivity contribution in [2.75, 3.05) is 20.8 Å². The molecule has 5 nitrogen and oxygen atoms in total. The van der Waals surface area contributed by atoms with Gasteiger partial charge >= 0.3 is 0 Å². The third kappa shape index (κ3) is 3.69. The second-order valence-corrected chi connectivity index (χ2v) is 7.78. The first-order valence-electron chi connectivity index (χ1n) is 9.36. The van der Waals surface area contributed by atoms with E-state index in [2.05, 4.69) is 28.6 Å². The summed E-state index contributed by atoms with van der Waals surface area (Å²) in [7, 11) is 3.24. The molecule has 0 aliphatic carbocycles. The molecule has 29 heavy (non-hydrogen) atoms. The van der Waals surface area contributed by atoms with Crippen LogP contribution >= 0.6 is 11.3 Å². The summed E-state index contributed by atoms with van der Waals surface area (Å²) in [4.78, 5) is 18.3. The SMILES string of the molecule is COCCn1c(=NC(=O)c2cc3ccccc3cc2OC)sc2cccc(C)c21. The van der Waals surface area contributed by atoms with Crippen LogP contribution in [0, 0.1) is 6.92 Å². The largest absolute Gasteiger partial charge is 0.496 e. The van der Waals surface area contributed by atoms with Gasteiger partial charge in [-0.25, -0.2) is 0 Å². The van der Waals surface area contributed by atoms with Gasteiger partial charge in [0.1, 0.15) is 5.75 Å². The van der Waals surface area contributed by atoms with E-state index >= 15 is 0 Å². The van der Waals surface area contributed by atoms with Gasteiger partial charge in [-0.2, -0.15) is 4.99 Å². The Kier molecular flexibility index (Phi) is 5.47. The van der Waals surface area contributed by atoms with E-state index in [1.807, 2.05) is 42.5 Å². The van der Waals surface area contributed by atoms with Crippen molar-refractivity contribution in [2.24, 2.45) is 4.99 Å². The number of carbonyl (C=O) groups excluding carboxylic acids is 1. The van der Waals surface area contributed by atoms with E-state index in [1.54, 1.807) is 14.2 Å². The summed E-state index contributed by atoms with van der Waals surface area (Å²) in [5.41, 5.74) is 2.69. The Balaban J connectivity index is 1.88. The van der Waals surface area contributed by atoms with Crippen LogP contribution in [0.25, 0.3) is 21.0 Å². The zero-order valence-electron chi connectivity index (χ0n) is 16.6. The molecule has 1 amide bonds. The number of fused-ring (bicyclic) bond motifs is 2. The van der Waals surface area contributed by atoms with Gasteiger partial charge in [0.15, 0.2) is 4.80 Å². The van der Waals surface area contributed by atoms with E-state index in [0.29, 0.717) is 29.3 Å². The summed E-state index contributed by atoms with van der Waals surface area (Å²) >= 11 is 1.51. The van der Waals surface area contributed by atoms with Crippen molar-refractivity contribution in [2.45, 2.75) is 13.5 Å². The number of aromatic nitrogens is 1. The number of ether oxygens (including phenoxy) is 2. The Morgan fingerprint density at radius 3 is 2.55 bits per heavy atom. The van der Waals surface area contributed by atoms with Crippen LogP contribution in [0.4, 0.5) is 0 Å². The number of carbonyl (C=O) groups is 1. The van der Waals surface area contributed by atoms with Gasteiger partial charge in [-0.15, -0.1) is 0 Å². The number of rotatable bonds is 5. The average Bonchev–Trinajstić information content (AvgIpc) is 3.09. The second kappa shape index (κ2) is 8.19. The van der Waals surface area contributed by atoms with Crippen molar-refractivity contribution in [1.29, 1.82) is 0 Å². The van der Waals surface area contributed by atoms with Gasteiger partial charge in [-0.1, -0.05) is 47.7 Å². The first-order valence-corrected chi connectivity index (χ1v) is 10.2. The Morgan fingerprint density at radius 1 is 1.07 bits per heavy atom. The number of hydrogen-bond acceptors (Lipinski definition) is 4. The Hall–Kier alpha value is -2.96. The summed E-state index contributed by atoms with van der Waals surface area (Å²) in [5.74, 6) is 0.209. The maximum Gasteiger partial charge on any atom is 0.283 e. The van der Waals surface area contributed by atoms with Gasteiger partial charge in [0.25, 0.3) is 5.91 Å². The first kappa shape index (κ1) is 19.4. The number of para-hydroxylation sites is 1. The zero-order chi connectivity index (χ0) is 20.4. The van der Waals surface area contributed by atoms with Crippen LogP contribution in [-0.4, -0.2) is 31.3 Å². The van der Waals surface area contributed by atoms with Gasteiger partial charge in [0.2, 0.25) is 0 Å². The number of amides is 1. The predicted molar refractivity (Wildman–Crippen MR) is 117 cm³/mol. The van der Waals surface area contributed by atoms with Crippen LogP contribution in [-0.2, 0) is 11.3 Å². The van der Waals surface area contributed by atoms with E-state index < -0.39 is 0 Å². The molecule has 6 heteroatoms. The molecule has 0 saturated heterocycles. The third-order valence-corrected chi connectivity index (χ3v) is 5.96. The maximum absolute atomic E-state index is 13.1. The molecule has 1 aromatic heterocycles. The number of hydrogen-bond donors (Lipinski definition) is 0. The molecule has 1 heterocycles. The molecule has 3 aromatic carbocycles. The minimum absolute atomic E-state index is 0.317. The highest BCUT2D eigenvalue weighted by Crippen LogP contribution is 2.27. The van der Waals surface area contributed by atoms with Gasteiger partial charge in [0, 0.05) is 13.7 Å². The number of aryl methyl sites for hydroxylation is 1. The average molecular weight is 407 g/mol. The molecule has 0 radical (unpaired) electrons. The van der Waals surface area contributed by atoms with Crippen LogP contribution < -0.4 is 9.54 Å². The minimum Gasteiger partial charge on any atom is -0.496 e. The first-order chi connectivity index (χ1) is 14.1. The highest BCUT2D eigenvalue weighted by Gasteiger charge is 2.15. The van der Waals surface area contributed by atoms with E-state index in [-0.39, 0.29) is 5.91 Å². The van der Waals surface area contributed by atoms with Crippen molar-refractivity contribution in [1.82, 2.24) is 4.57 Å². The van der Waals surface area contributed by atoms with Gasteiger partial charge in [0.05, 0.1) is 29.5 Å². The van der Waals surface area contributed by atoms with Crippen molar-refractivity contribution in [3.63, 3.8) is 0 Å². The van der Waals surface area contributed by atoms with Gasteiger partial charge < -0.3 is 14.0 Å². The number of methoxy groups -OCH3 is 2. The van der Waals surface area contributed by atoms with E-state index in [1.165, 1.54) is 11.3 Å². The molecule has 148 valence electrons. The quantitative estimate of drug-likeness (QED) is 0.488. The number of thiazole rings is 1. The molecule has 0 aliphatic rings. The Morgan fingerprint density at radius 2 is 1.83 bits per heavy atom. The summed E-state index contributed by atoms with van der Waals surface area (Å²) in [6.07, 6.45) is 0. The van der Waals surface area contributed by atoms with Crippen LogP contribution in [0.1, 0.15) is 15.9 Å². The molecular weight excluding hydrogens is 384 g/mol. The van der Waals surface area contributed by atoms with Crippen molar-refractivity contribution in [3.05, 3.63) is 70.5 Å². The van der Waals surface area contributed by atoms with Crippen LogP contribution in [0.5, 0.6) is 5.75 Å². The molecule has 0 atom stereocenters. The molecular formula is C23H22N2O3S. The number of benzene rings is 3. The minimum atomic E-state index is -0.317. The fraction of sp³-hybridized carbons (Fsp3) is 0.217. The summed E-state index contributed by atoms with van der Waals surface area (Å²) in [6, 6.07) is 17.8. The molecule has 4 aromatic rings. The predicted octanol–water partition coefficient (Wildman–Crippen LogP) is 4.56. The monoisotopic (exact) mass is 406 g/mol. The van der Waals surface area contributed by atoms with Crippen LogP contribution in [0.3, 0.4) is 0 Å². The van der Waals surface area contributed by atoms with E-state index in [4.69, 9.17) is 9.47 Å². The summed E-state index contributed by atoms with van der Waals surface area (Å²) in [6.45, 7) is 3.24.